The first-order valence-electron chi connectivity index (χ1n) is 5.82. The second kappa shape index (κ2) is 7.02. The Kier molecular flexibility index (Phi) is 5.64. The van der Waals surface area contributed by atoms with Crippen LogP contribution in [0, 0.1) is 18.3 Å². The maximum atomic E-state index is 11.5. The van der Waals surface area contributed by atoms with E-state index in [0.29, 0.717) is 16.5 Å². The maximum absolute atomic E-state index is 11.5. The molecular weight excluding hydrogens is 310 g/mol. The molecule has 2 heterocycles. The van der Waals surface area contributed by atoms with Gasteiger partial charge in [-0.1, -0.05) is 0 Å². The van der Waals surface area contributed by atoms with Crippen molar-refractivity contribution >= 4 is 35.2 Å². The van der Waals surface area contributed by atoms with E-state index in [1.54, 1.807) is 19.3 Å². The molecule has 0 amide bonds. The van der Waals surface area contributed by atoms with Crippen LogP contribution in [0.5, 0.6) is 0 Å². The summed E-state index contributed by atoms with van der Waals surface area (Å²) < 4.78 is 0. The monoisotopic (exact) mass is 323 g/mol. The average molecular weight is 324 g/mol. The molecule has 0 unspecified atom stereocenters. The molecule has 0 aliphatic carbocycles. The van der Waals surface area contributed by atoms with Gasteiger partial charge in [-0.2, -0.15) is 5.26 Å². The topological polar surface area (TPSA) is 85.1 Å². The first-order chi connectivity index (χ1) is 9.51. The third-order valence-corrected chi connectivity index (χ3v) is 3.27. The van der Waals surface area contributed by atoms with Gasteiger partial charge in [-0.15, -0.1) is 23.7 Å². The van der Waals surface area contributed by atoms with E-state index < -0.39 is 0 Å². The zero-order valence-corrected chi connectivity index (χ0v) is 13.4. The van der Waals surface area contributed by atoms with Crippen molar-refractivity contribution in [2.45, 2.75) is 6.92 Å². The summed E-state index contributed by atoms with van der Waals surface area (Å²) in [5.41, 5.74) is 1.82. The highest BCUT2D eigenvalue weighted by molar-refractivity contribution is 7.13. The number of thiazole rings is 1. The first-order valence-corrected chi connectivity index (χ1v) is 6.69. The zero-order chi connectivity index (χ0) is 14.7. The third kappa shape index (κ3) is 3.90. The van der Waals surface area contributed by atoms with Crippen LogP contribution in [0.4, 0.5) is 5.13 Å². The second-order valence-electron chi connectivity index (χ2n) is 4.39. The summed E-state index contributed by atoms with van der Waals surface area (Å²) >= 11 is 1.40. The summed E-state index contributed by atoms with van der Waals surface area (Å²) in [6.45, 7) is 1.78. The number of H-pyrrole nitrogens is 1. The fraction of sp³-hybridized carbons (Fsp3) is 0.231. The minimum Gasteiger partial charge on any atom is -0.369 e. The minimum atomic E-state index is -0.380. The number of nitrogens with one attached hydrogen (secondary N) is 1. The zero-order valence-electron chi connectivity index (χ0n) is 11.7. The van der Waals surface area contributed by atoms with E-state index in [1.165, 1.54) is 11.3 Å². The van der Waals surface area contributed by atoms with Crippen LogP contribution in [-0.2, 0) is 0 Å². The summed E-state index contributed by atoms with van der Waals surface area (Å²) in [5, 5.41) is 11.4. The Morgan fingerprint density at radius 1 is 1.52 bits per heavy atom. The molecule has 0 fully saturated rings. The van der Waals surface area contributed by atoms with Crippen LogP contribution in [-0.4, -0.2) is 35.3 Å². The van der Waals surface area contributed by atoms with Crippen molar-refractivity contribution < 1.29 is 0 Å². The van der Waals surface area contributed by atoms with E-state index in [0.717, 1.165) is 5.56 Å². The van der Waals surface area contributed by atoms with Gasteiger partial charge in [0.15, 0.2) is 0 Å². The van der Waals surface area contributed by atoms with Crippen molar-refractivity contribution in [3.05, 3.63) is 33.1 Å². The van der Waals surface area contributed by atoms with Gasteiger partial charge < -0.3 is 9.88 Å². The van der Waals surface area contributed by atoms with E-state index >= 15 is 0 Å². The summed E-state index contributed by atoms with van der Waals surface area (Å²) in [5.74, 6) is 0. The number of halogens is 1. The van der Waals surface area contributed by atoms with Crippen molar-refractivity contribution in [2.75, 3.05) is 14.1 Å². The van der Waals surface area contributed by atoms with Crippen molar-refractivity contribution in [1.29, 1.82) is 5.26 Å². The van der Waals surface area contributed by atoms with Crippen molar-refractivity contribution in [2.24, 2.45) is 4.99 Å². The van der Waals surface area contributed by atoms with Crippen LogP contribution in [0.3, 0.4) is 0 Å². The van der Waals surface area contributed by atoms with Gasteiger partial charge in [0, 0.05) is 30.7 Å². The Bertz CT molecular complexity index is 757. The fourth-order valence-electron chi connectivity index (χ4n) is 1.58. The van der Waals surface area contributed by atoms with Gasteiger partial charge in [0.2, 0.25) is 5.13 Å². The molecule has 0 aliphatic rings. The Morgan fingerprint density at radius 3 is 2.86 bits per heavy atom. The van der Waals surface area contributed by atoms with Gasteiger partial charge in [-0.3, -0.25) is 4.79 Å². The molecule has 2 rings (SSSR count). The molecule has 6 nitrogen and oxygen atoms in total. The van der Waals surface area contributed by atoms with E-state index in [-0.39, 0.29) is 23.5 Å². The van der Waals surface area contributed by atoms with Crippen LogP contribution in [0.15, 0.2) is 21.2 Å². The number of rotatable bonds is 3. The fourth-order valence-corrected chi connectivity index (χ4v) is 2.24. The number of aliphatic imine (C=N–C) groups is 1. The predicted molar refractivity (Wildman–Crippen MR) is 86.7 cm³/mol. The molecule has 8 heteroatoms. The molecule has 0 saturated carbocycles. The van der Waals surface area contributed by atoms with Crippen LogP contribution >= 0.6 is 23.7 Å². The lowest BCUT2D eigenvalue weighted by molar-refractivity contribution is 0.643. The molecule has 0 bridgehead atoms. The Labute approximate surface area is 132 Å². The molecule has 2 aromatic rings. The number of nitriles is 1. The lowest BCUT2D eigenvalue weighted by atomic mass is 10.1. The summed E-state index contributed by atoms with van der Waals surface area (Å²) in [4.78, 5) is 24.6. The number of aryl methyl sites for hydroxylation is 1. The van der Waals surface area contributed by atoms with E-state index in [4.69, 9.17) is 5.26 Å². The Hall–Kier alpha value is -2.17. The van der Waals surface area contributed by atoms with Crippen molar-refractivity contribution in [1.82, 2.24) is 14.9 Å². The van der Waals surface area contributed by atoms with Crippen molar-refractivity contribution in [3.8, 4) is 17.3 Å². The first kappa shape index (κ1) is 16.9. The summed E-state index contributed by atoms with van der Waals surface area (Å²) in [6, 6.07) is 3.43. The number of nitrogens with zero attached hydrogens (tertiary/aromatic N) is 4. The molecule has 0 aromatic carbocycles. The highest BCUT2D eigenvalue weighted by Crippen LogP contribution is 2.27. The van der Waals surface area contributed by atoms with Crippen LogP contribution in [0.2, 0.25) is 0 Å². The number of hydrogen-bond donors (Lipinski definition) is 1. The van der Waals surface area contributed by atoms with Crippen LogP contribution < -0.4 is 5.56 Å². The number of aromatic nitrogens is 2. The molecule has 21 heavy (non-hydrogen) atoms. The van der Waals surface area contributed by atoms with Crippen molar-refractivity contribution in [3.63, 3.8) is 0 Å². The van der Waals surface area contributed by atoms with Crippen LogP contribution in [0.25, 0.3) is 11.3 Å². The van der Waals surface area contributed by atoms with Gasteiger partial charge in [0.05, 0.1) is 12.0 Å². The number of hydrogen-bond acceptors (Lipinski definition) is 5. The molecular formula is C13H14ClN5OS. The van der Waals surface area contributed by atoms with Gasteiger partial charge >= 0.3 is 0 Å². The SMILES string of the molecule is Cc1[nH]c(=O)c(C#N)cc1-c1csc(N=CN(C)C)n1.Cl. The Balaban J connectivity index is 0.00000220. The van der Waals surface area contributed by atoms with E-state index in [1.807, 2.05) is 30.4 Å². The second-order valence-corrected chi connectivity index (χ2v) is 5.22. The molecule has 0 spiro atoms. The maximum Gasteiger partial charge on any atom is 0.266 e. The summed E-state index contributed by atoms with van der Waals surface area (Å²) in [6.07, 6.45) is 1.67. The van der Waals surface area contributed by atoms with Gasteiger partial charge in [-0.25, -0.2) is 9.98 Å². The molecule has 110 valence electrons. The van der Waals surface area contributed by atoms with E-state index in [9.17, 15) is 4.79 Å². The predicted octanol–water partition coefficient (Wildman–Crippen LogP) is 2.32. The smallest absolute Gasteiger partial charge is 0.266 e. The standard InChI is InChI=1S/C13H13N5OS.ClH/c1-8-10(4-9(5-14)12(19)16-8)11-6-20-13(17-11)15-7-18(2)3;/h4,6-7H,1-3H3,(H,16,19);1H. The molecule has 0 atom stereocenters. The van der Waals surface area contributed by atoms with E-state index in [2.05, 4.69) is 15.0 Å². The third-order valence-electron chi connectivity index (χ3n) is 2.53. The summed E-state index contributed by atoms with van der Waals surface area (Å²) in [7, 11) is 3.76. The lowest BCUT2D eigenvalue weighted by Crippen LogP contribution is -2.11. The molecule has 1 N–H and O–H groups in total. The number of aromatic amines is 1. The molecule has 2 aromatic heterocycles. The minimum absolute atomic E-state index is 0. The normalized spacial score (nSPS) is 10.2. The quantitative estimate of drug-likeness (QED) is 0.694. The van der Waals surface area contributed by atoms with Gasteiger partial charge in [0.1, 0.15) is 11.6 Å². The lowest BCUT2D eigenvalue weighted by Gasteiger charge is -2.02. The highest BCUT2D eigenvalue weighted by atomic mass is 35.5. The highest BCUT2D eigenvalue weighted by Gasteiger charge is 2.10. The van der Waals surface area contributed by atoms with Crippen LogP contribution in [0.1, 0.15) is 11.3 Å². The largest absolute Gasteiger partial charge is 0.369 e. The molecule has 0 radical (unpaired) electrons. The Morgan fingerprint density at radius 2 is 2.24 bits per heavy atom. The molecule has 0 aliphatic heterocycles. The average Bonchev–Trinajstić information content (AvgIpc) is 2.85. The van der Waals surface area contributed by atoms with Gasteiger partial charge in [0.25, 0.3) is 5.56 Å². The molecule has 0 saturated heterocycles. The number of pyridine rings is 1. The van der Waals surface area contributed by atoms with Gasteiger partial charge in [-0.05, 0) is 13.0 Å².